The average molecular weight is 485 g/mol. The molecule has 0 amide bonds. The maximum absolute atomic E-state index is 6.03. The van der Waals surface area contributed by atoms with E-state index in [0.717, 1.165) is 47.1 Å². The quantitative estimate of drug-likeness (QED) is 0.268. The molecule has 1 saturated heterocycles. The van der Waals surface area contributed by atoms with Crippen LogP contribution >= 0.6 is 0 Å². The minimum Gasteiger partial charge on any atom is -0.399 e. The molecule has 0 spiro atoms. The summed E-state index contributed by atoms with van der Waals surface area (Å²) in [5, 5.41) is 8.99. The number of hydrogen-bond acceptors (Lipinski definition) is 3. The van der Waals surface area contributed by atoms with Gasteiger partial charge in [-0.3, -0.25) is 9.39 Å². The van der Waals surface area contributed by atoms with Crippen molar-refractivity contribution in [3.05, 3.63) is 102 Å². The molecule has 7 nitrogen and oxygen atoms in total. The molecular formula is C29H28BN7+. The lowest BCUT2D eigenvalue weighted by molar-refractivity contribution is -0.539. The first-order valence-electron chi connectivity index (χ1n) is 12.9. The van der Waals surface area contributed by atoms with Gasteiger partial charge in [0.1, 0.15) is 17.2 Å². The number of benzene rings is 2. The van der Waals surface area contributed by atoms with Crippen molar-refractivity contribution in [2.24, 2.45) is 0 Å². The van der Waals surface area contributed by atoms with Crippen molar-refractivity contribution in [3.63, 3.8) is 0 Å². The van der Waals surface area contributed by atoms with Crippen LogP contribution in [0.25, 0.3) is 22.6 Å². The molecule has 7 rings (SSSR count). The number of amidine groups is 1. The Morgan fingerprint density at radius 2 is 1.62 bits per heavy atom. The second-order valence-electron chi connectivity index (χ2n) is 9.97. The van der Waals surface area contributed by atoms with Gasteiger partial charge in [-0.2, -0.15) is 0 Å². The number of rotatable bonds is 3. The van der Waals surface area contributed by atoms with Crippen LogP contribution in [0.2, 0.25) is 0 Å². The molecule has 3 aliphatic rings. The van der Waals surface area contributed by atoms with Crippen LogP contribution in [0.15, 0.2) is 84.7 Å². The lowest BCUT2D eigenvalue weighted by Gasteiger charge is -2.27. The van der Waals surface area contributed by atoms with Crippen LogP contribution in [0.4, 0.5) is 5.69 Å². The van der Waals surface area contributed by atoms with Gasteiger partial charge in [-0.05, 0) is 62.1 Å². The van der Waals surface area contributed by atoms with Crippen molar-refractivity contribution >= 4 is 24.6 Å². The van der Waals surface area contributed by atoms with Crippen molar-refractivity contribution in [2.45, 2.75) is 26.2 Å². The number of aryl methyl sites for hydroxylation is 1. The number of hydrogen-bond donors (Lipinski definition) is 1. The molecule has 0 unspecified atom stereocenters. The second-order valence-corrected chi connectivity index (χ2v) is 9.97. The molecule has 181 valence electrons. The number of nitrogens with zero attached hydrogens (tertiary/aromatic N) is 6. The molecule has 37 heavy (non-hydrogen) atoms. The first-order chi connectivity index (χ1) is 18.2. The summed E-state index contributed by atoms with van der Waals surface area (Å²) in [6.45, 7) is 4.26. The number of anilines is 1. The lowest BCUT2D eigenvalue weighted by Crippen LogP contribution is -2.43. The highest BCUT2D eigenvalue weighted by Crippen LogP contribution is 2.37. The van der Waals surface area contributed by atoms with Crippen LogP contribution < -0.4 is 5.73 Å². The third kappa shape index (κ3) is 3.71. The molecule has 2 aromatic heterocycles. The van der Waals surface area contributed by atoms with E-state index in [2.05, 4.69) is 99.3 Å². The molecular weight excluding hydrogens is 457 g/mol. The molecule has 2 N–H and O–H groups in total. The van der Waals surface area contributed by atoms with Gasteiger partial charge in [0.25, 0.3) is 5.84 Å². The first kappa shape index (κ1) is 21.9. The van der Waals surface area contributed by atoms with E-state index in [0.29, 0.717) is 0 Å². The topological polar surface area (TPSA) is 67.9 Å². The van der Waals surface area contributed by atoms with Gasteiger partial charge >= 0.3 is 7.55 Å². The van der Waals surface area contributed by atoms with E-state index >= 15 is 0 Å². The van der Waals surface area contributed by atoms with E-state index in [-0.39, 0.29) is 0 Å². The van der Waals surface area contributed by atoms with Crippen molar-refractivity contribution in [3.8, 4) is 17.1 Å². The number of piperidine rings is 1. The number of allylic oxidation sites excluding steroid dienone is 1. The summed E-state index contributed by atoms with van der Waals surface area (Å²) in [5.74, 6) is 2.17. The molecule has 1 fully saturated rings. The number of fused-ring (bicyclic) bond motifs is 2. The smallest absolute Gasteiger partial charge is 0.399 e. The predicted molar refractivity (Wildman–Crippen MR) is 147 cm³/mol. The highest BCUT2D eigenvalue weighted by molar-refractivity contribution is 6.40. The highest BCUT2D eigenvalue weighted by atomic mass is 15.5. The Hall–Kier alpha value is -4.33. The zero-order chi connectivity index (χ0) is 24.9. The van der Waals surface area contributed by atoms with Gasteiger partial charge in [-0.25, -0.2) is 4.68 Å². The molecule has 4 aromatic rings. The van der Waals surface area contributed by atoms with Crippen LogP contribution in [0.1, 0.15) is 36.1 Å². The lowest BCUT2D eigenvalue weighted by atomic mass is 9.91. The predicted octanol–water partition coefficient (Wildman–Crippen LogP) is 4.25. The molecule has 0 atom stereocenters. The largest absolute Gasteiger partial charge is 0.553 e. The van der Waals surface area contributed by atoms with E-state index < -0.39 is 0 Å². The van der Waals surface area contributed by atoms with Crippen molar-refractivity contribution in [1.82, 2.24) is 24.3 Å². The van der Waals surface area contributed by atoms with Gasteiger partial charge in [-0.1, -0.05) is 47.2 Å². The minimum atomic E-state index is 0.762. The number of aromatic nitrogens is 4. The normalized spacial score (nSPS) is 16.7. The Morgan fingerprint density at radius 1 is 0.865 bits per heavy atom. The van der Waals surface area contributed by atoms with E-state index in [1.165, 1.54) is 41.9 Å². The zero-order valence-corrected chi connectivity index (χ0v) is 20.9. The van der Waals surface area contributed by atoms with E-state index in [4.69, 9.17) is 5.73 Å². The molecule has 0 aliphatic carbocycles. The Morgan fingerprint density at radius 3 is 2.41 bits per heavy atom. The standard InChI is InChI=1S/C29H27BN7/c1-20-5-7-21(8-6-20)24-19-35(33-32-24)28-16-14-26-29(22-9-11-23(31)12-10-22)25-13-15-27(36(25)30-37(26)28)34-17-3-2-4-18-34/h5-16,19,31H,2-4,17-18H2,1H3/p+1. The SMILES string of the molecule is Cc1ccc(-c2cn(-c3ccc4n3[B]N3C(=C4c4ccc(N)cc4)C=CC3=[N+]3CCCCC3)nn2)cc1. The Labute approximate surface area is 217 Å². The molecule has 0 saturated carbocycles. The summed E-state index contributed by atoms with van der Waals surface area (Å²) in [5.41, 5.74) is 14.5. The highest BCUT2D eigenvalue weighted by Gasteiger charge is 2.40. The Balaban J connectivity index is 1.35. The van der Waals surface area contributed by atoms with Crippen LogP contribution in [0.3, 0.4) is 0 Å². The Kier molecular flexibility index (Phi) is 5.13. The van der Waals surface area contributed by atoms with E-state index in [1.54, 1.807) is 0 Å². The molecule has 3 aliphatic heterocycles. The number of nitrogen functional groups attached to an aromatic ring is 1. The fraction of sp³-hybridized carbons (Fsp3) is 0.207. The molecule has 5 heterocycles. The zero-order valence-electron chi connectivity index (χ0n) is 20.9. The van der Waals surface area contributed by atoms with Gasteiger partial charge in [-0.15, -0.1) is 5.10 Å². The van der Waals surface area contributed by atoms with Gasteiger partial charge in [0.15, 0.2) is 0 Å². The summed E-state index contributed by atoms with van der Waals surface area (Å²) in [4.78, 5) is 2.32. The van der Waals surface area contributed by atoms with Gasteiger partial charge < -0.3 is 10.2 Å². The molecule has 1 radical (unpaired) electrons. The molecule has 2 aromatic carbocycles. The summed E-state index contributed by atoms with van der Waals surface area (Å²) in [6, 6.07) is 20.8. The summed E-state index contributed by atoms with van der Waals surface area (Å²) < 4.78 is 6.59. The summed E-state index contributed by atoms with van der Waals surface area (Å²) in [6.07, 6.45) is 10.3. The third-order valence-electron chi connectivity index (χ3n) is 7.49. The van der Waals surface area contributed by atoms with Crippen LogP contribution in [-0.2, 0) is 0 Å². The minimum absolute atomic E-state index is 0.762. The maximum Gasteiger partial charge on any atom is 0.553 e. The maximum atomic E-state index is 6.03. The summed E-state index contributed by atoms with van der Waals surface area (Å²) >= 11 is 0. The van der Waals surface area contributed by atoms with Crippen LogP contribution in [-0.4, -0.2) is 55.3 Å². The van der Waals surface area contributed by atoms with Crippen molar-refractivity contribution in [2.75, 3.05) is 18.8 Å². The number of nitrogens with two attached hydrogens (primary N) is 1. The van der Waals surface area contributed by atoms with E-state index in [1.807, 2.05) is 23.0 Å². The Bertz CT molecular complexity index is 1580. The second kappa shape index (κ2) is 8.66. The first-order valence-corrected chi connectivity index (χ1v) is 12.9. The van der Waals surface area contributed by atoms with Crippen LogP contribution in [0, 0.1) is 6.92 Å². The molecule has 0 bridgehead atoms. The van der Waals surface area contributed by atoms with Crippen molar-refractivity contribution < 1.29 is 4.58 Å². The monoisotopic (exact) mass is 485 g/mol. The van der Waals surface area contributed by atoms with Gasteiger partial charge in [0.05, 0.1) is 19.3 Å². The average Bonchev–Trinajstić information content (AvgIpc) is 3.67. The van der Waals surface area contributed by atoms with Gasteiger partial charge in [0, 0.05) is 28.6 Å². The van der Waals surface area contributed by atoms with E-state index in [9.17, 15) is 0 Å². The van der Waals surface area contributed by atoms with Crippen molar-refractivity contribution in [1.29, 1.82) is 0 Å². The molecule has 8 heteroatoms. The fourth-order valence-electron chi connectivity index (χ4n) is 5.52. The van der Waals surface area contributed by atoms with Gasteiger partial charge in [0.2, 0.25) is 0 Å². The fourth-order valence-corrected chi connectivity index (χ4v) is 5.52. The summed E-state index contributed by atoms with van der Waals surface area (Å²) in [7, 11) is 2.19. The van der Waals surface area contributed by atoms with Crippen LogP contribution in [0.5, 0.6) is 0 Å². The third-order valence-corrected chi connectivity index (χ3v) is 7.49.